The van der Waals surface area contributed by atoms with Gasteiger partial charge in [0.15, 0.2) is 11.4 Å². The van der Waals surface area contributed by atoms with Gasteiger partial charge in [-0.15, -0.1) is 0 Å². The summed E-state index contributed by atoms with van der Waals surface area (Å²) in [6, 6.07) is 13.3. The van der Waals surface area contributed by atoms with Crippen LogP contribution < -0.4 is 4.74 Å². The lowest BCUT2D eigenvalue weighted by molar-refractivity contribution is -0.158. The molecule has 0 saturated carbocycles. The number of hydrogen-bond donors (Lipinski definition) is 0. The predicted molar refractivity (Wildman–Crippen MR) is 132 cm³/mol. The Hall–Kier alpha value is -3.88. The van der Waals surface area contributed by atoms with Gasteiger partial charge in [-0.25, -0.2) is 9.59 Å². The average molecular weight is 496 g/mol. The number of carbonyl (C=O) groups is 2. The summed E-state index contributed by atoms with van der Waals surface area (Å²) in [5.41, 5.74) is 2.26. The summed E-state index contributed by atoms with van der Waals surface area (Å²) in [5, 5.41) is 3.81. The van der Waals surface area contributed by atoms with Gasteiger partial charge in [-0.1, -0.05) is 47.6 Å². The highest BCUT2D eigenvalue weighted by atomic mass is 16.6. The fourth-order valence-electron chi connectivity index (χ4n) is 3.68. The van der Waals surface area contributed by atoms with Crippen LogP contribution in [0.25, 0.3) is 0 Å². The van der Waals surface area contributed by atoms with Crippen LogP contribution in [-0.4, -0.2) is 39.3 Å². The fraction of sp³-hybridized carbons (Fsp3) is 0.407. The van der Waals surface area contributed by atoms with Gasteiger partial charge >= 0.3 is 12.1 Å². The first-order valence-corrected chi connectivity index (χ1v) is 11.8. The molecule has 9 heteroatoms. The largest absolute Gasteiger partial charge is 0.476 e. The van der Waals surface area contributed by atoms with E-state index in [4.69, 9.17) is 18.7 Å². The van der Waals surface area contributed by atoms with Crippen molar-refractivity contribution in [3.8, 4) is 5.75 Å². The zero-order valence-corrected chi connectivity index (χ0v) is 21.7. The molecule has 1 heterocycles. The minimum absolute atomic E-state index is 0.0979. The Morgan fingerprint density at radius 2 is 1.64 bits per heavy atom. The molecule has 0 bridgehead atoms. The first kappa shape index (κ1) is 26.7. The van der Waals surface area contributed by atoms with E-state index in [-0.39, 0.29) is 26.3 Å². The van der Waals surface area contributed by atoms with Crippen molar-refractivity contribution in [2.45, 2.75) is 66.8 Å². The highest BCUT2D eigenvalue weighted by molar-refractivity contribution is 5.79. The number of aryl methyl sites for hydroxylation is 3. The molecule has 9 nitrogen and oxygen atoms in total. The number of esters is 1. The molecule has 0 N–H and O–H groups in total. The van der Waals surface area contributed by atoms with Gasteiger partial charge in [0.1, 0.15) is 18.9 Å². The maximum Gasteiger partial charge on any atom is 0.410 e. The van der Waals surface area contributed by atoms with Crippen LogP contribution >= 0.6 is 0 Å². The summed E-state index contributed by atoms with van der Waals surface area (Å²) in [5.74, 6) is 0.964. The van der Waals surface area contributed by atoms with Crippen molar-refractivity contribution in [1.29, 1.82) is 0 Å². The Balaban J connectivity index is 1.79. The lowest BCUT2D eigenvalue weighted by Gasteiger charge is -2.27. The van der Waals surface area contributed by atoms with Crippen molar-refractivity contribution >= 4 is 12.1 Å². The van der Waals surface area contributed by atoms with E-state index < -0.39 is 17.7 Å². The number of carbonyl (C=O) groups excluding carboxylic acids is 2. The molecular weight excluding hydrogens is 462 g/mol. The summed E-state index contributed by atoms with van der Waals surface area (Å²) in [4.78, 5) is 31.1. The van der Waals surface area contributed by atoms with Gasteiger partial charge in [0.05, 0.1) is 6.61 Å². The van der Waals surface area contributed by atoms with Crippen LogP contribution in [0.1, 0.15) is 54.7 Å². The highest BCUT2D eigenvalue weighted by Gasteiger charge is 2.32. The first-order chi connectivity index (χ1) is 17.1. The van der Waals surface area contributed by atoms with E-state index in [0.717, 1.165) is 22.3 Å². The molecule has 0 aliphatic heterocycles. The third kappa shape index (κ3) is 7.07. The molecule has 0 aliphatic rings. The normalized spacial score (nSPS) is 11.2. The van der Waals surface area contributed by atoms with Crippen molar-refractivity contribution < 1.29 is 28.3 Å². The van der Waals surface area contributed by atoms with Crippen molar-refractivity contribution in [2.24, 2.45) is 0 Å². The van der Waals surface area contributed by atoms with Gasteiger partial charge in [-0.3, -0.25) is 4.90 Å². The Bertz CT molecular complexity index is 1170. The molecule has 0 atom stereocenters. The second kappa shape index (κ2) is 11.7. The molecule has 0 saturated heterocycles. The minimum atomic E-state index is -1.14. The lowest BCUT2D eigenvalue weighted by Crippen LogP contribution is -2.40. The predicted octanol–water partition coefficient (Wildman–Crippen LogP) is 5.05. The Kier molecular flexibility index (Phi) is 8.68. The van der Waals surface area contributed by atoms with Crippen LogP contribution in [0.3, 0.4) is 0 Å². The molecule has 2 aromatic carbocycles. The molecule has 192 valence electrons. The summed E-state index contributed by atoms with van der Waals surface area (Å²) >= 11 is 0. The van der Waals surface area contributed by atoms with Crippen LogP contribution in [-0.2, 0) is 34.0 Å². The van der Waals surface area contributed by atoms with Gasteiger partial charge in [0.25, 0.3) is 0 Å². The van der Waals surface area contributed by atoms with Crippen LogP contribution in [0, 0.1) is 20.8 Å². The maximum absolute atomic E-state index is 13.0. The second-order valence-electron chi connectivity index (χ2n) is 9.02. The number of ether oxygens (including phenoxy) is 3. The third-order valence-electron chi connectivity index (χ3n) is 5.38. The van der Waals surface area contributed by atoms with E-state index >= 15 is 0 Å². The summed E-state index contributed by atoms with van der Waals surface area (Å²) < 4.78 is 22.0. The molecule has 0 spiro atoms. The molecule has 0 aliphatic carbocycles. The molecule has 0 unspecified atom stereocenters. The van der Waals surface area contributed by atoms with Crippen molar-refractivity contribution in [3.05, 3.63) is 76.4 Å². The fourth-order valence-corrected chi connectivity index (χ4v) is 3.68. The van der Waals surface area contributed by atoms with Gasteiger partial charge in [-0.05, 0) is 63.8 Å². The van der Waals surface area contributed by atoms with Crippen molar-refractivity contribution in [2.75, 3.05) is 6.61 Å². The Labute approximate surface area is 211 Å². The summed E-state index contributed by atoms with van der Waals surface area (Å²) in [6.07, 6.45) is -0.506. The van der Waals surface area contributed by atoms with E-state index in [1.165, 1.54) is 4.90 Å². The van der Waals surface area contributed by atoms with Gasteiger partial charge in [-0.2, -0.15) is 4.98 Å². The van der Waals surface area contributed by atoms with Crippen molar-refractivity contribution in [1.82, 2.24) is 15.0 Å². The van der Waals surface area contributed by atoms with E-state index in [2.05, 4.69) is 10.1 Å². The number of aromatic nitrogens is 2. The topological polar surface area (TPSA) is 104 Å². The Morgan fingerprint density at radius 3 is 2.22 bits per heavy atom. The average Bonchev–Trinajstić information content (AvgIpc) is 3.25. The molecule has 1 aromatic heterocycles. The smallest absolute Gasteiger partial charge is 0.410 e. The standard InChI is InChI=1S/C27H33N3O6/c1-7-33-25(31)27(5,6)35-24-18(2)13-22(14-19(24)3)15-30(16-23-28-20(4)29-36-23)26(32)34-17-21-11-9-8-10-12-21/h8-14H,7,15-17H2,1-6H3. The lowest BCUT2D eigenvalue weighted by atomic mass is 10.0. The van der Waals surface area contributed by atoms with Gasteiger partial charge in [0, 0.05) is 6.54 Å². The SMILES string of the molecule is CCOC(=O)C(C)(C)Oc1c(C)cc(CN(Cc2nc(C)no2)C(=O)OCc2ccccc2)cc1C. The van der Waals surface area contributed by atoms with Gasteiger partial charge < -0.3 is 18.7 Å². The molecule has 36 heavy (non-hydrogen) atoms. The van der Waals surface area contributed by atoms with Crippen LogP contribution in [0.4, 0.5) is 4.79 Å². The quantitative estimate of drug-likeness (QED) is 0.360. The maximum atomic E-state index is 13.0. The molecule has 0 fully saturated rings. The molecule has 0 radical (unpaired) electrons. The molecule has 1 amide bonds. The van der Waals surface area contributed by atoms with Crippen LogP contribution in [0.2, 0.25) is 0 Å². The van der Waals surface area contributed by atoms with E-state index in [1.807, 2.05) is 56.3 Å². The number of benzene rings is 2. The van der Waals surface area contributed by atoms with Gasteiger partial charge in [0.2, 0.25) is 5.89 Å². The van der Waals surface area contributed by atoms with E-state index in [0.29, 0.717) is 17.5 Å². The number of nitrogens with zero attached hydrogens (tertiary/aromatic N) is 3. The first-order valence-electron chi connectivity index (χ1n) is 11.8. The highest BCUT2D eigenvalue weighted by Crippen LogP contribution is 2.30. The van der Waals surface area contributed by atoms with E-state index in [1.54, 1.807) is 27.7 Å². The van der Waals surface area contributed by atoms with Crippen LogP contribution in [0.5, 0.6) is 5.75 Å². The van der Waals surface area contributed by atoms with E-state index in [9.17, 15) is 9.59 Å². The molecule has 3 rings (SSSR count). The Morgan fingerprint density at radius 1 is 0.972 bits per heavy atom. The van der Waals surface area contributed by atoms with Crippen LogP contribution in [0.15, 0.2) is 47.0 Å². The van der Waals surface area contributed by atoms with Crippen molar-refractivity contribution in [3.63, 3.8) is 0 Å². The number of amides is 1. The number of rotatable bonds is 10. The zero-order chi connectivity index (χ0) is 26.3. The second-order valence-corrected chi connectivity index (χ2v) is 9.02. The zero-order valence-electron chi connectivity index (χ0n) is 21.7. The summed E-state index contributed by atoms with van der Waals surface area (Å²) in [6.45, 7) is 11.4. The summed E-state index contributed by atoms with van der Waals surface area (Å²) in [7, 11) is 0. The number of hydrogen-bond acceptors (Lipinski definition) is 8. The monoisotopic (exact) mass is 495 g/mol. The molecular formula is C27H33N3O6. The minimum Gasteiger partial charge on any atom is -0.476 e. The molecule has 3 aromatic rings. The third-order valence-corrected chi connectivity index (χ3v) is 5.38.